The fourth-order valence-corrected chi connectivity index (χ4v) is 5.33. The number of amides is 1. The molecule has 0 fully saturated rings. The molecule has 0 saturated heterocycles. The summed E-state index contributed by atoms with van der Waals surface area (Å²) in [6.07, 6.45) is 1.53. The van der Waals surface area contributed by atoms with Crippen molar-refractivity contribution in [1.82, 2.24) is 0 Å². The number of ether oxygens (including phenoxy) is 2. The minimum absolute atomic E-state index is 0.0676. The predicted octanol–water partition coefficient (Wildman–Crippen LogP) is 9.92. The first kappa shape index (κ1) is 30.2. The van der Waals surface area contributed by atoms with Gasteiger partial charge in [-0.15, -0.1) is 0 Å². The summed E-state index contributed by atoms with van der Waals surface area (Å²) in [4.78, 5) is 13.1. The van der Waals surface area contributed by atoms with Gasteiger partial charge in [-0.05, 0) is 83.9 Å². The SMILES string of the molecule is Cc1ccc2ccccc2c1COc1ccc(Br)cc1/C=C(\C#N)C(=O)Nc1ccc(OCc2ccc(Cl)cc2Cl)cc1. The van der Waals surface area contributed by atoms with E-state index in [9.17, 15) is 10.1 Å². The van der Waals surface area contributed by atoms with Crippen molar-refractivity contribution in [2.45, 2.75) is 20.1 Å². The molecule has 0 aliphatic heterocycles. The number of nitrogens with one attached hydrogen (secondary N) is 1. The number of anilines is 1. The Morgan fingerprint density at radius 3 is 2.49 bits per heavy atom. The van der Waals surface area contributed by atoms with E-state index in [0.717, 1.165) is 31.9 Å². The highest BCUT2D eigenvalue weighted by molar-refractivity contribution is 9.10. The van der Waals surface area contributed by atoms with Gasteiger partial charge in [-0.25, -0.2) is 0 Å². The van der Waals surface area contributed by atoms with Gasteiger partial charge in [0.25, 0.3) is 5.91 Å². The summed E-state index contributed by atoms with van der Waals surface area (Å²) in [6, 6.07) is 31.9. The van der Waals surface area contributed by atoms with Crippen LogP contribution in [0, 0.1) is 18.3 Å². The van der Waals surface area contributed by atoms with E-state index in [2.05, 4.69) is 52.4 Å². The summed E-state index contributed by atoms with van der Waals surface area (Å²) >= 11 is 15.7. The summed E-state index contributed by atoms with van der Waals surface area (Å²) in [5.41, 5.74) is 4.05. The molecular weight excluding hydrogens is 647 g/mol. The number of halogens is 3. The number of hydrogen-bond donors (Lipinski definition) is 1. The molecule has 0 aliphatic rings. The van der Waals surface area contributed by atoms with Crippen LogP contribution in [0.2, 0.25) is 10.0 Å². The van der Waals surface area contributed by atoms with Crippen molar-refractivity contribution in [1.29, 1.82) is 5.26 Å². The van der Waals surface area contributed by atoms with E-state index in [4.69, 9.17) is 32.7 Å². The summed E-state index contributed by atoms with van der Waals surface area (Å²) in [5, 5.41) is 16.0. The standard InChI is InChI=1S/C35H25BrCl2N2O3/c1-22-6-7-23-4-2-3-5-31(23)32(22)21-43-34-15-9-27(36)17-25(34)16-26(19-39)35(41)40-29-11-13-30(14-12-29)42-20-24-8-10-28(37)18-33(24)38/h2-18H,20-21H2,1H3,(H,40,41)/b26-16+. The van der Waals surface area contributed by atoms with Crippen molar-refractivity contribution in [3.63, 3.8) is 0 Å². The van der Waals surface area contributed by atoms with Gasteiger partial charge in [0.2, 0.25) is 0 Å². The molecule has 1 amide bonds. The van der Waals surface area contributed by atoms with E-state index >= 15 is 0 Å². The van der Waals surface area contributed by atoms with Crippen molar-refractivity contribution in [3.8, 4) is 17.6 Å². The second-order valence-electron chi connectivity index (χ2n) is 9.73. The largest absolute Gasteiger partial charge is 0.489 e. The molecule has 0 bridgehead atoms. The molecular formula is C35H25BrCl2N2O3. The normalized spacial score (nSPS) is 11.2. The van der Waals surface area contributed by atoms with Gasteiger partial charge in [-0.3, -0.25) is 4.79 Å². The zero-order chi connectivity index (χ0) is 30.3. The minimum Gasteiger partial charge on any atom is -0.489 e. The maximum absolute atomic E-state index is 13.1. The molecule has 5 nitrogen and oxygen atoms in total. The molecule has 5 rings (SSSR count). The van der Waals surface area contributed by atoms with Crippen LogP contribution in [0.1, 0.15) is 22.3 Å². The topological polar surface area (TPSA) is 71.3 Å². The van der Waals surface area contributed by atoms with Crippen molar-refractivity contribution < 1.29 is 14.3 Å². The Hall–Kier alpha value is -4.28. The molecule has 0 radical (unpaired) electrons. The molecule has 1 N–H and O–H groups in total. The molecule has 0 unspecified atom stereocenters. The van der Waals surface area contributed by atoms with E-state index in [1.165, 1.54) is 6.08 Å². The maximum Gasteiger partial charge on any atom is 0.266 e. The van der Waals surface area contributed by atoms with E-state index in [1.54, 1.807) is 42.5 Å². The predicted molar refractivity (Wildman–Crippen MR) is 177 cm³/mol. The molecule has 0 aliphatic carbocycles. The smallest absolute Gasteiger partial charge is 0.266 e. The zero-order valence-electron chi connectivity index (χ0n) is 23.0. The maximum atomic E-state index is 13.1. The summed E-state index contributed by atoms with van der Waals surface area (Å²) in [7, 11) is 0. The lowest BCUT2D eigenvalue weighted by Crippen LogP contribution is -2.13. The lowest BCUT2D eigenvalue weighted by atomic mass is 10.0. The van der Waals surface area contributed by atoms with Crippen LogP contribution in [0.25, 0.3) is 16.8 Å². The fraction of sp³-hybridized carbons (Fsp3) is 0.0857. The Balaban J connectivity index is 1.28. The number of benzene rings is 5. The van der Waals surface area contributed by atoms with Crippen LogP contribution in [0.4, 0.5) is 5.69 Å². The highest BCUT2D eigenvalue weighted by Crippen LogP contribution is 2.29. The Morgan fingerprint density at radius 1 is 0.930 bits per heavy atom. The Labute approximate surface area is 268 Å². The van der Waals surface area contributed by atoms with Crippen molar-refractivity contribution in [3.05, 3.63) is 139 Å². The number of nitrogens with zero attached hydrogens (tertiary/aromatic N) is 1. The second kappa shape index (κ2) is 13.8. The number of rotatable bonds is 9. The van der Waals surface area contributed by atoms with E-state index < -0.39 is 5.91 Å². The average molecular weight is 672 g/mol. The minimum atomic E-state index is -0.542. The van der Waals surface area contributed by atoms with Gasteiger partial charge in [0.15, 0.2) is 0 Å². The van der Waals surface area contributed by atoms with Crippen molar-refractivity contribution >= 4 is 67.6 Å². The van der Waals surface area contributed by atoms with Crippen molar-refractivity contribution in [2.75, 3.05) is 5.32 Å². The van der Waals surface area contributed by atoms with E-state index in [1.807, 2.05) is 36.4 Å². The molecule has 5 aromatic carbocycles. The van der Waals surface area contributed by atoms with Gasteiger partial charge >= 0.3 is 0 Å². The number of aryl methyl sites for hydroxylation is 1. The third-order valence-electron chi connectivity index (χ3n) is 6.81. The van der Waals surface area contributed by atoms with Crippen LogP contribution in [-0.4, -0.2) is 5.91 Å². The zero-order valence-corrected chi connectivity index (χ0v) is 26.1. The van der Waals surface area contributed by atoms with Crippen LogP contribution < -0.4 is 14.8 Å². The molecule has 0 heterocycles. The van der Waals surface area contributed by atoms with E-state index in [0.29, 0.717) is 39.4 Å². The monoisotopic (exact) mass is 670 g/mol. The summed E-state index contributed by atoms with van der Waals surface area (Å²) in [6.45, 7) is 2.65. The van der Waals surface area contributed by atoms with Crippen LogP contribution in [0.5, 0.6) is 11.5 Å². The quantitative estimate of drug-likeness (QED) is 0.125. The number of carbonyl (C=O) groups is 1. The first-order valence-corrected chi connectivity index (χ1v) is 14.8. The first-order valence-electron chi connectivity index (χ1n) is 13.3. The molecule has 0 atom stereocenters. The fourth-order valence-electron chi connectivity index (χ4n) is 4.49. The number of hydrogen-bond acceptors (Lipinski definition) is 4. The van der Waals surface area contributed by atoms with Crippen LogP contribution >= 0.6 is 39.1 Å². The van der Waals surface area contributed by atoms with Gasteiger partial charge in [-0.1, -0.05) is 81.6 Å². The van der Waals surface area contributed by atoms with Gasteiger partial charge in [0.05, 0.1) is 0 Å². The molecule has 0 spiro atoms. The van der Waals surface area contributed by atoms with Gasteiger partial charge in [-0.2, -0.15) is 5.26 Å². The molecule has 214 valence electrons. The lowest BCUT2D eigenvalue weighted by Gasteiger charge is -2.14. The van der Waals surface area contributed by atoms with Gasteiger partial charge in [0, 0.05) is 36.9 Å². The van der Waals surface area contributed by atoms with Gasteiger partial charge < -0.3 is 14.8 Å². The molecule has 8 heteroatoms. The summed E-state index contributed by atoms with van der Waals surface area (Å²) in [5.74, 6) is 0.607. The second-order valence-corrected chi connectivity index (χ2v) is 11.5. The summed E-state index contributed by atoms with van der Waals surface area (Å²) < 4.78 is 12.9. The Morgan fingerprint density at radius 2 is 1.72 bits per heavy atom. The number of nitriles is 1. The Kier molecular flexibility index (Phi) is 9.68. The van der Waals surface area contributed by atoms with Gasteiger partial charge in [0.1, 0.15) is 36.4 Å². The lowest BCUT2D eigenvalue weighted by molar-refractivity contribution is -0.112. The third-order valence-corrected chi connectivity index (χ3v) is 7.89. The highest BCUT2D eigenvalue weighted by atomic mass is 79.9. The first-order chi connectivity index (χ1) is 20.8. The van der Waals surface area contributed by atoms with Crippen molar-refractivity contribution in [2.24, 2.45) is 0 Å². The van der Waals surface area contributed by atoms with Crippen LogP contribution in [0.15, 0.2) is 107 Å². The molecule has 0 saturated carbocycles. The molecule has 0 aromatic heterocycles. The molecule has 43 heavy (non-hydrogen) atoms. The number of fused-ring (bicyclic) bond motifs is 1. The third kappa shape index (κ3) is 7.57. The Bertz CT molecular complexity index is 1880. The van der Waals surface area contributed by atoms with Crippen LogP contribution in [0.3, 0.4) is 0 Å². The number of carbonyl (C=O) groups excluding carboxylic acids is 1. The van der Waals surface area contributed by atoms with E-state index in [-0.39, 0.29) is 12.2 Å². The van der Waals surface area contributed by atoms with Crippen LogP contribution in [-0.2, 0) is 18.0 Å². The average Bonchev–Trinajstić information content (AvgIpc) is 3.00. The molecule has 5 aromatic rings. The highest BCUT2D eigenvalue weighted by Gasteiger charge is 2.14.